The number of aliphatic carboxylic acids is 1. The molecular formula is C21H22N2O4. The summed E-state index contributed by atoms with van der Waals surface area (Å²) < 4.78 is 0. The molecule has 1 saturated heterocycles. The van der Waals surface area contributed by atoms with Crippen molar-refractivity contribution < 1.29 is 19.5 Å². The molecule has 2 aromatic carbocycles. The van der Waals surface area contributed by atoms with Gasteiger partial charge in [0.2, 0.25) is 11.8 Å². The summed E-state index contributed by atoms with van der Waals surface area (Å²) in [7, 11) is 0. The molecule has 2 amide bonds. The number of amides is 2. The molecule has 1 aliphatic heterocycles. The van der Waals surface area contributed by atoms with E-state index in [1.54, 1.807) is 35.2 Å². The van der Waals surface area contributed by atoms with Gasteiger partial charge in [0.15, 0.2) is 6.04 Å². The molecule has 0 spiro atoms. The number of nitrogens with one attached hydrogen (secondary N) is 1. The Kier molecular flexibility index (Phi) is 5.54. The lowest BCUT2D eigenvalue weighted by Gasteiger charge is -2.21. The lowest BCUT2D eigenvalue weighted by molar-refractivity contribution is -0.142. The molecular weight excluding hydrogens is 344 g/mol. The number of nitrogens with zero attached hydrogens (tertiary/aromatic N) is 1. The van der Waals surface area contributed by atoms with Crippen LogP contribution in [0.5, 0.6) is 0 Å². The van der Waals surface area contributed by atoms with Gasteiger partial charge in [-0.3, -0.25) is 9.59 Å². The van der Waals surface area contributed by atoms with E-state index < -0.39 is 23.8 Å². The third-order valence-electron chi connectivity index (χ3n) is 4.83. The first-order valence-electron chi connectivity index (χ1n) is 8.97. The molecule has 27 heavy (non-hydrogen) atoms. The minimum Gasteiger partial charge on any atom is -0.479 e. The highest BCUT2D eigenvalue weighted by atomic mass is 16.4. The number of benzene rings is 2. The van der Waals surface area contributed by atoms with E-state index in [0.29, 0.717) is 5.56 Å². The van der Waals surface area contributed by atoms with Gasteiger partial charge in [-0.05, 0) is 23.6 Å². The van der Waals surface area contributed by atoms with E-state index in [1.807, 2.05) is 31.2 Å². The first kappa shape index (κ1) is 18.6. The van der Waals surface area contributed by atoms with Crippen molar-refractivity contribution >= 4 is 23.5 Å². The first-order valence-corrected chi connectivity index (χ1v) is 8.97. The Hall–Kier alpha value is -3.15. The summed E-state index contributed by atoms with van der Waals surface area (Å²) >= 11 is 0. The zero-order valence-corrected chi connectivity index (χ0v) is 15.1. The SMILES string of the molecule is CCc1ccccc1N1CC(C(=O)NC(C(=O)O)c2ccccc2)CC1=O. The molecule has 2 atom stereocenters. The molecule has 0 saturated carbocycles. The highest BCUT2D eigenvalue weighted by Gasteiger charge is 2.37. The Morgan fingerprint density at radius 3 is 2.48 bits per heavy atom. The summed E-state index contributed by atoms with van der Waals surface area (Å²) in [6, 6.07) is 15.0. The van der Waals surface area contributed by atoms with Crippen LogP contribution >= 0.6 is 0 Å². The zero-order valence-electron chi connectivity index (χ0n) is 15.1. The number of carbonyl (C=O) groups is 3. The number of carboxylic acid groups (broad SMARTS) is 1. The molecule has 2 aromatic rings. The van der Waals surface area contributed by atoms with Gasteiger partial charge in [0.25, 0.3) is 0 Å². The summed E-state index contributed by atoms with van der Waals surface area (Å²) in [4.78, 5) is 38.4. The highest BCUT2D eigenvalue weighted by Crippen LogP contribution is 2.29. The zero-order chi connectivity index (χ0) is 19.4. The van der Waals surface area contributed by atoms with E-state index in [2.05, 4.69) is 5.32 Å². The standard InChI is InChI=1S/C21H22N2O4/c1-2-14-8-6-7-11-17(14)23-13-16(12-18(23)24)20(25)22-19(21(26)27)15-9-4-3-5-10-15/h3-11,16,19H,2,12-13H2,1H3,(H,22,25)(H,26,27). The fourth-order valence-corrected chi connectivity index (χ4v) is 3.38. The van der Waals surface area contributed by atoms with Crippen LogP contribution in [0.4, 0.5) is 5.69 Å². The van der Waals surface area contributed by atoms with Crippen LogP contribution in [0.1, 0.15) is 30.5 Å². The van der Waals surface area contributed by atoms with E-state index in [9.17, 15) is 19.5 Å². The minimum absolute atomic E-state index is 0.0744. The van der Waals surface area contributed by atoms with Gasteiger partial charge in [0.05, 0.1) is 5.92 Å². The topological polar surface area (TPSA) is 86.7 Å². The second-order valence-corrected chi connectivity index (χ2v) is 6.58. The van der Waals surface area contributed by atoms with Gasteiger partial charge in [-0.15, -0.1) is 0 Å². The monoisotopic (exact) mass is 366 g/mol. The molecule has 0 bridgehead atoms. The van der Waals surface area contributed by atoms with Crippen LogP contribution in [-0.2, 0) is 20.8 Å². The van der Waals surface area contributed by atoms with Crippen molar-refractivity contribution in [3.8, 4) is 0 Å². The van der Waals surface area contributed by atoms with Crippen molar-refractivity contribution in [2.75, 3.05) is 11.4 Å². The fourth-order valence-electron chi connectivity index (χ4n) is 3.38. The van der Waals surface area contributed by atoms with Gasteiger partial charge in [-0.25, -0.2) is 4.79 Å². The summed E-state index contributed by atoms with van der Waals surface area (Å²) in [5, 5.41) is 12.1. The largest absolute Gasteiger partial charge is 0.479 e. The van der Waals surface area contributed by atoms with Gasteiger partial charge in [0, 0.05) is 18.7 Å². The lowest BCUT2D eigenvalue weighted by atomic mass is 10.0. The Morgan fingerprint density at radius 1 is 1.15 bits per heavy atom. The third-order valence-corrected chi connectivity index (χ3v) is 4.83. The second-order valence-electron chi connectivity index (χ2n) is 6.58. The summed E-state index contributed by atoms with van der Waals surface area (Å²) in [6.07, 6.45) is 0.858. The van der Waals surface area contributed by atoms with Crippen molar-refractivity contribution in [3.05, 3.63) is 65.7 Å². The van der Waals surface area contributed by atoms with Crippen molar-refractivity contribution in [1.82, 2.24) is 5.32 Å². The van der Waals surface area contributed by atoms with E-state index in [4.69, 9.17) is 0 Å². The second kappa shape index (κ2) is 8.03. The van der Waals surface area contributed by atoms with Crippen LogP contribution in [0.3, 0.4) is 0 Å². The van der Waals surface area contributed by atoms with Crippen molar-refractivity contribution in [1.29, 1.82) is 0 Å². The van der Waals surface area contributed by atoms with Crippen LogP contribution in [-0.4, -0.2) is 29.4 Å². The molecule has 2 unspecified atom stereocenters. The number of hydrogen-bond donors (Lipinski definition) is 2. The molecule has 0 aliphatic carbocycles. The highest BCUT2D eigenvalue weighted by molar-refractivity contribution is 6.01. The molecule has 6 heteroatoms. The number of aryl methyl sites for hydroxylation is 1. The number of rotatable bonds is 6. The number of para-hydroxylation sites is 1. The number of anilines is 1. The predicted molar refractivity (Wildman–Crippen MR) is 101 cm³/mol. The summed E-state index contributed by atoms with van der Waals surface area (Å²) in [6.45, 7) is 2.27. The van der Waals surface area contributed by atoms with Crippen LogP contribution in [0.15, 0.2) is 54.6 Å². The van der Waals surface area contributed by atoms with E-state index >= 15 is 0 Å². The molecule has 140 valence electrons. The molecule has 1 fully saturated rings. The van der Waals surface area contributed by atoms with Gasteiger partial charge < -0.3 is 15.3 Å². The molecule has 3 rings (SSSR count). The quantitative estimate of drug-likeness (QED) is 0.823. The molecule has 6 nitrogen and oxygen atoms in total. The van der Waals surface area contributed by atoms with Gasteiger partial charge in [0.1, 0.15) is 0 Å². The van der Waals surface area contributed by atoms with Crippen LogP contribution in [0, 0.1) is 5.92 Å². The van der Waals surface area contributed by atoms with E-state index in [1.165, 1.54) is 0 Å². The summed E-state index contributed by atoms with van der Waals surface area (Å²) in [5.74, 6) is -2.25. The molecule has 2 N–H and O–H groups in total. The average molecular weight is 366 g/mol. The molecule has 1 heterocycles. The predicted octanol–water partition coefficient (Wildman–Crippen LogP) is 2.54. The van der Waals surface area contributed by atoms with Crippen molar-refractivity contribution in [2.45, 2.75) is 25.8 Å². The van der Waals surface area contributed by atoms with E-state index in [-0.39, 0.29) is 18.9 Å². The molecule has 0 radical (unpaired) electrons. The maximum Gasteiger partial charge on any atom is 0.330 e. The van der Waals surface area contributed by atoms with Gasteiger partial charge in [-0.2, -0.15) is 0 Å². The van der Waals surface area contributed by atoms with Crippen LogP contribution < -0.4 is 10.2 Å². The molecule has 1 aliphatic rings. The van der Waals surface area contributed by atoms with Gasteiger partial charge in [-0.1, -0.05) is 55.5 Å². The normalized spacial score (nSPS) is 17.6. The van der Waals surface area contributed by atoms with Crippen LogP contribution in [0.2, 0.25) is 0 Å². The molecule has 0 aromatic heterocycles. The van der Waals surface area contributed by atoms with Crippen molar-refractivity contribution in [3.63, 3.8) is 0 Å². The Bertz CT molecular complexity index is 850. The third kappa shape index (κ3) is 4.00. The maximum atomic E-state index is 12.7. The minimum atomic E-state index is -1.13. The van der Waals surface area contributed by atoms with Crippen molar-refractivity contribution in [2.24, 2.45) is 5.92 Å². The number of carbonyl (C=O) groups excluding carboxylic acids is 2. The van der Waals surface area contributed by atoms with E-state index in [0.717, 1.165) is 17.7 Å². The number of hydrogen-bond acceptors (Lipinski definition) is 3. The van der Waals surface area contributed by atoms with Gasteiger partial charge >= 0.3 is 5.97 Å². The fraction of sp³-hybridized carbons (Fsp3) is 0.286. The first-order chi connectivity index (χ1) is 13.0. The number of carboxylic acids is 1. The van der Waals surface area contributed by atoms with Crippen LogP contribution in [0.25, 0.3) is 0 Å². The maximum absolute atomic E-state index is 12.7. The smallest absolute Gasteiger partial charge is 0.330 e. The Morgan fingerprint density at radius 2 is 1.81 bits per heavy atom. The summed E-state index contributed by atoms with van der Waals surface area (Å²) in [5.41, 5.74) is 2.36. The average Bonchev–Trinajstić information content (AvgIpc) is 3.08. The lowest BCUT2D eigenvalue weighted by Crippen LogP contribution is -2.38. The Balaban J connectivity index is 1.74. The Labute approximate surface area is 157 Å².